The summed E-state index contributed by atoms with van der Waals surface area (Å²) >= 11 is 6.09. The van der Waals surface area contributed by atoms with Gasteiger partial charge in [-0.3, -0.25) is 4.79 Å². The summed E-state index contributed by atoms with van der Waals surface area (Å²) in [5, 5.41) is 2.19. The molecule has 138 valence electrons. The van der Waals surface area contributed by atoms with Crippen molar-refractivity contribution in [1.82, 2.24) is 0 Å². The molecule has 0 aliphatic rings. The molecule has 6 heteroatoms. The van der Waals surface area contributed by atoms with Crippen LogP contribution in [0.5, 0.6) is 11.5 Å². The van der Waals surface area contributed by atoms with E-state index in [4.69, 9.17) is 25.8 Å². The fourth-order valence-corrected chi connectivity index (χ4v) is 2.98. The maximum absolute atomic E-state index is 12.4. The lowest BCUT2D eigenvalue weighted by atomic mass is 10.0. The Bertz CT molecular complexity index is 1010. The smallest absolute Gasteiger partial charge is 0.338 e. The van der Waals surface area contributed by atoms with Gasteiger partial charge < -0.3 is 14.2 Å². The van der Waals surface area contributed by atoms with Crippen molar-refractivity contribution >= 4 is 34.1 Å². The zero-order valence-corrected chi connectivity index (χ0v) is 15.6. The highest BCUT2D eigenvalue weighted by molar-refractivity contribution is 6.32. The molecular weight excluding hydrogens is 368 g/mol. The van der Waals surface area contributed by atoms with Crippen LogP contribution in [0.15, 0.2) is 54.6 Å². The van der Waals surface area contributed by atoms with Gasteiger partial charge in [-0.2, -0.15) is 0 Å². The monoisotopic (exact) mass is 384 g/mol. The molecule has 3 rings (SSSR count). The van der Waals surface area contributed by atoms with E-state index in [1.807, 2.05) is 30.3 Å². The van der Waals surface area contributed by atoms with E-state index in [9.17, 15) is 9.59 Å². The van der Waals surface area contributed by atoms with Gasteiger partial charge in [0.25, 0.3) is 0 Å². The van der Waals surface area contributed by atoms with Gasteiger partial charge in [0.1, 0.15) is 0 Å². The molecule has 5 nitrogen and oxygen atoms in total. The first kappa shape index (κ1) is 18.7. The second kappa shape index (κ2) is 8.10. The van der Waals surface area contributed by atoms with Crippen molar-refractivity contribution in [1.29, 1.82) is 0 Å². The minimum Gasteiger partial charge on any atom is -0.493 e. The first-order valence-electron chi connectivity index (χ1n) is 8.14. The molecule has 0 radical (unpaired) electrons. The van der Waals surface area contributed by atoms with Gasteiger partial charge in [0.15, 0.2) is 23.9 Å². The van der Waals surface area contributed by atoms with Crippen LogP contribution in [-0.2, 0) is 4.74 Å². The standard InChI is InChI=1S/C21H17ClO5/c1-25-19-11-16(10-17(22)20(19)26-2)21(24)27-12-18(23)15-8-7-13-5-3-4-6-14(13)9-15/h3-11H,12H2,1-2H3. The van der Waals surface area contributed by atoms with Crippen molar-refractivity contribution in [3.8, 4) is 11.5 Å². The van der Waals surface area contributed by atoms with Crippen LogP contribution >= 0.6 is 11.6 Å². The highest BCUT2D eigenvalue weighted by Crippen LogP contribution is 2.36. The highest BCUT2D eigenvalue weighted by Gasteiger charge is 2.17. The number of Topliss-reactive ketones (excluding diaryl/α,β-unsaturated/α-hetero) is 1. The third kappa shape index (κ3) is 4.04. The Kier molecular flexibility index (Phi) is 5.62. The summed E-state index contributed by atoms with van der Waals surface area (Å²) < 4.78 is 15.4. The van der Waals surface area contributed by atoms with Gasteiger partial charge in [-0.05, 0) is 29.0 Å². The summed E-state index contributed by atoms with van der Waals surface area (Å²) in [5.41, 5.74) is 0.649. The number of hydrogen-bond donors (Lipinski definition) is 0. The van der Waals surface area contributed by atoms with Crippen LogP contribution in [0.25, 0.3) is 10.8 Å². The van der Waals surface area contributed by atoms with Gasteiger partial charge in [0.05, 0.1) is 24.8 Å². The number of ether oxygens (including phenoxy) is 3. The Hall–Kier alpha value is -3.05. The molecule has 0 bridgehead atoms. The number of benzene rings is 3. The molecule has 0 saturated carbocycles. The zero-order chi connectivity index (χ0) is 19.4. The molecule has 0 N–H and O–H groups in total. The summed E-state index contributed by atoms with van der Waals surface area (Å²) in [6.45, 7) is -0.372. The van der Waals surface area contributed by atoms with Crippen LogP contribution < -0.4 is 9.47 Å². The lowest BCUT2D eigenvalue weighted by molar-refractivity contribution is 0.0474. The van der Waals surface area contributed by atoms with Crippen LogP contribution in [-0.4, -0.2) is 32.6 Å². The van der Waals surface area contributed by atoms with E-state index in [1.165, 1.54) is 26.4 Å². The third-order valence-electron chi connectivity index (χ3n) is 4.08. The van der Waals surface area contributed by atoms with Gasteiger partial charge in [0.2, 0.25) is 0 Å². The van der Waals surface area contributed by atoms with Gasteiger partial charge in [-0.25, -0.2) is 4.79 Å². The van der Waals surface area contributed by atoms with E-state index in [-0.39, 0.29) is 23.0 Å². The van der Waals surface area contributed by atoms with Crippen LogP contribution in [0.2, 0.25) is 5.02 Å². The van der Waals surface area contributed by atoms with Gasteiger partial charge in [-0.15, -0.1) is 0 Å². The molecule has 0 aromatic heterocycles. The van der Waals surface area contributed by atoms with E-state index >= 15 is 0 Å². The summed E-state index contributed by atoms with van der Waals surface area (Å²) in [6.07, 6.45) is 0. The maximum atomic E-state index is 12.4. The molecule has 0 amide bonds. The maximum Gasteiger partial charge on any atom is 0.338 e. The molecule has 0 aliphatic carbocycles. The van der Waals surface area contributed by atoms with Crippen molar-refractivity contribution in [2.24, 2.45) is 0 Å². The van der Waals surface area contributed by atoms with Crippen molar-refractivity contribution < 1.29 is 23.8 Å². The van der Waals surface area contributed by atoms with E-state index < -0.39 is 5.97 Å². The summed E-state index contributed by atoms with van der Waals surface area (Å²) in [5.74, 6) is -0.339. The molecule has 3 aromatic carbocycles. The predicted octanol–water partition coefficient (Wildman–Crippen LogP) is 4.55. The molecule has 0 spiro atoms. The summed E-state index contributed by atoms with van der Waals surface area (Å²) in [4.78, 5) is 24.6. The van der Waals surface area contributed by atoms with Crippen LogP contribution in [0.1, 0.15) is 20.7 Å². The topological polar surface area (TPSA) is 61.8 Å². The number of esters is 1. The Labute approximate surface area is 161 Å². The predicted molar refractivity (Wildman–Crippen MR) is 103 cm³/mol. The minimum absolute atomic E-state index is 0.170. The average Bonchev–Trinajstić information content (AvgIpc) is 2.70. The average molecular weight is 385 g/mol. The molecular formula is C21H17ClO5. The number of fused-ring (bicyclic) bond motifs is 1. The molecule has 0 heterocycles. The molecule has 0 saturated heterocycles. The summed E-state index contributed by atoms with van der Waals surface area (Å²) in [6, 6.07) is 15.9. The second-order valence-corrected chi connectivity index (χ2v) is 6.16. The van der Waals surface area contributed by atoms with Gasteiger partial charge in [-0.1, -0.05) is 48.0 Å². The van der Waals surface area contributed by atoms with E-state index in [1.54, 1.807) is 12.1 Å². The lowest BCUT2D eigenvalue weighted by Gasteiger charge is -2.11. The van der Waals surface area contributed by atoms with Crippen molar-refractivity contribution in [3.63, 3.8) is 0 Å². The number of hydrogen-bond acceptors (Lipinski definition) is 5. The Morgan fingerprint density at radius 3 is 2.33 bits per heavy atom. The lowest BCUT2D eigenvalue weighted by Crippen LogP contribution is -2.14. The molecule has 3 aromatic rings. The fourth-order valence-electron chi connectivity index (χ4n) is 2.70. The zero-order valence-electron chi connectivity index (χ0n) is 14.8. The first-order chi connectivity index (χ1) is 13.0. The van der Waals surface area contributed by atoms with Crippen molar-refractivity contribution in [3.05, 3.63) is 70.7 Å². The van der Waals surface area contributed by atoms with E-state index in [0.717, 1.165) is 10.8 Å². The second-order valence-electron chi connectivity index (χ2n) is 5.75. The Morgan fingerprint density at radius 1 is 0.889 bits per heavy atom. The van der Waals surface area contributed by atoms with Gasteiger partial charge >= 0.3 is 5.97 Å². The Morgan fingerprint density at radius 2 is 1.63 bits per heavy atom. The quantitative estimate of drug-likeness (QED) is 0.461. The minimum atomic E-state index is -0.674. The number of ketones is 1. The highest BCUT2D eigenvalue weighted by atomic mass is 35.5. The number of carbonyl (C=O) groups is 2. The Balaban J connectivity index is 1.72. The van der Waals surface area contributed by atoms with Crippen molar-refractivity contribution in [2.75, 3.05) is 20.8 Å². The normalized spacial score (nSPS) is 10.5. The SMILES string of the molecule is COc1cc(C(=O)OCC(=O)c2ccc3ccccc3c2)cc(Cl)c1OC. The molecule has 0 aliphatic heterocycles. The fraction of sp³-hybridized carbons (Fsp3) is 0.143. The van der Waals surface area contributed by atoms with Crippen LogP contribution in [0.4, 0.5) is 0 Å². The molecule has 0 unspecified atom stereocenters. The van der Waals surface area contributed by atoms with Crippen LogP contribution in [0, 0.1) is 0 Å². The third-order valence-corrected chi connectivity index (χ3v) is 4.36. The number of carbonyl (C=O) groups excluding carboxylic acids is 2. The molecule has 0 fully saturated rings. The van der Waals surface area contributed by atoms with Crippen molar-refractivity contribution in [2.45, 2.75) is 0 Å². The number of rotatable bonds is 6. The molecule has 27 heavy (non-hydrogen) atoms. The van der Waals surface area contributed by atoms with Gasteiger partial charge in [0, 0.05) is 5.56 Å². The number of halogens is 1. The molecule has 0 atom stereocenters. The van der Waals surface area contributed by atoms with Crippen LogP contribution in [0.3, 0.4) is 0 Å². The number of methoxy groups -OCH3 is 2. The van der Waals surface area contributed by atoms with E-state index in [2.05, 4.69) is 0 Å². The largest absolute Gasteiger partial charge is 0.493 e. The first-order valence-corrected chi connectivity index (χ1v) is 8.52. The van der Waals surface area contributed by atoms with E-state index in [0.29, 0.717) is 17.1 Å². The summed E-state index contributed by atoms with van der Waals surface area (Å²) in [7, 11) is 2.89.